The lowest BCUT2D eigenvalue weighted by Gasteiger charge is -2.19. The van der Waals surface area contributed by atoms with Crippen LogP contribution < -0.4 is 5.32 Å². The number of rotatable bonds is 4. The molecule has 0 bridgehead atoms. The molecule has 0 amide bonds. The molecule has 0 atom stereocenters. The van der Waals surface area contributed by atoms with Gasteiger partial charge in [0.15, 0.2) is 0 Å². The van der Waals surface area contributed by atoms with E-state index in [1.54, 1.807) is 0 Å². The molecule has 0 radical (unpaired) electrons. The van der Waals surface area contributed by atoms with Gasteiger partial charge in [0.25, 0.3) is 0 Å². The minimum Gasteiger partial charge on any atom is -0.317 e. The Labute approximate surface area is 93.9 Å². The summed E-state index contributed by atoms with van der Waals surface area (Å²) in [5.74, 6) is 0. The van der Waals surface area contributed by atoms with Crippen LogP contribution in [0.3, 0.4) is 0 Å². The van der Waals surface area contributed by atoms with Gasteiger partial charge in [-0.2, -0.15) is 0 Å². The average Bonchev–Trinajstić information content (AvgIpc) is 2.18. The normalized spacial score (nSPS) is 11.7. The zero-order valence-corrected chi connectivity index (χ0v) is 10.4. The van der Waals surface area contributed by atoms with Crippen LogP contribution in [0.2, 0.25) is 0 Å². The molecule has 0 saturated heterocycles. The second-order valence-electron chi connectivity index (χ2n) is 5.05. The number of likely N-dealkylation sites (N-methyl/N-ethyl adjacent to an activating group) is 1. The van der Waals surface area contributed by atoms with Crippen LogP contribution in [0.25, 0.3) is 0 Å². The molecule has 0 aromatic heterocycles. The van der Waals surface area contributed by atoms with E-state index < -0.39 is 0 Å². The molecule has 0 unspecified atom stereocenters. The van der Waals surface area contributed by atoms with Crippen LogP contribution in [-0.4, -0.2) is 13.1 Å². The van der Waals surface area contributed by atoms with Crippen LogP contribution in [0.1, 0.15) is 38.8 Å². The molecule has 0 saturated carbocycles. The SMILES string of the molecule is CCNCCc1ccc(C(C)(C)C)cc1. The van der Waals surface area contributed by atoms with Crippen LogP contribution in [0.15, 0.2) is 24.3 Å². The topological polar surface area (TPSA) is 12.0 Å². The maximum Gasteiger partial charge on any atom is -0.000847 e. The van der Waals surface area contributed by atoms with E-state index in [0.29, 0.717) is 0 Å². The van der Waals surface area contributed by atoms with Gasteiger partial charge in [-0.05, 0) is 36.1 Å². The summed E-state index contributed by atoms with van der Waals surface area (Å²) in [4.78, 5) is 0. The van der Waals surface area contributed by atoms with Crippen molar-refractivity contribution in [2.75, 3.05) is 13.1 Å². The summed E-state index contributed by atoms with van der Waals surface area (Å²) in [6.45, 7) is 11.0. The van der Waals surface area contributed by atoms with Gasteiger partial charge in [-0.15, -0.1) is 0 Å². The van der Waals surface area contributed by atoms with Crippen LogP contribution in [-0.2, 0) is 11.8 Å². The van der Waals surface area contributed by atoms with Gasteiger partial charge in [-0.25, -0.2) is 0 Å². The van der Waals surface area contributed by atoms with E-state index in [0.717, 1.165) is 19.5 Å². The Hall–Kier alpha value is -0.820. The van der Waals surface area contributed by atoms with E-state index >= 15 is 0 Å². The minimum atomic E-state index is 0.264. The third-order valence-electron chi connectivity index (χ3n) is 2.66. The predicted octanol–water partition coefficient (Wildman–Crippen LogP) is 3.14. The summed E-state index contributed by atoms with van der Waals surface area (Å²) in [5, 5.41) is 3.34. The van der Waals surface area contributed by atoms with E-state index in [4.69, 9.17) is 0 Å². The molecule has 15 heavy (non-hydrogen) atoms. The molecule has 1 aromatic carbocycles. The van der Waals surface area contributed by atoms with Crippen molar-refractivity contribution in [3.63, 3.8) is 0 Å². The molecule has 0 aliphatic heterocycles. The van der Waals surface area contributed by atoms with Crippen molar-refractivity contribution in [1.82, 2.24) is 5.32 Å². The monoisotopic (exact) mass is 205 g/mol. The predicted molar refractivity (Wildman–Crippen MR) is 67.4 cm³/mol. The molecule has 1 aromatic rings. The number of hydrogen-bond acceptors (Lipinski definition) is 1. The molecule has 0 spiro atoms. The molecule has 84 valence electrons. The fourth-order valence-corrected chi connectivity index (χ4v) is 1.58. The molecule has 0 heterocycles. The van der Waals surface area contributed by atoms with Crippen LogP contribution in [0, 0.1) is 0 Å². The Balaban J connectivity index is 2.57. The number of benzene rings is 1. The minimum absolute atomic E-state index is 0.264. The van der Waals surface area contributed by atoms with Crippen molar-refractivity contribution < 1.29 is 0 Å². The molecule has 0 fully saturated rings. The van der Waals surface area contributed by atoms with Crippen molar-refractivity contribution in [2.24, 2.45) is 0 Å². The van der Waals surface area contributed by atoms with Gasteiger partial charge >= 0.3 is 0 Å². The zero-order chi connectivity index (χ0) is 11.3. The first kappa shape index (κ1) is 12.3. The molecular formula is C14H23N. The van der Waals surface area contributed by atoms with E-state index in [9.17, 15) is 0 Å². The quantitative estimate of drug-likeness (QED) is 0.745. The first-order chi connectivity index (χ1) is 7.04. The summed E-state index contributed by atoms with van der Waals surface area (Å²) in [6.07, 6.45) is 1.12. The number of hydrogen-bond donors (Lipinski definition) is 1. The first-order valence-corrected chi connectivity index (χ1v) is 5.84. The lowest BCUT2D eigenvalue weighted by atomic mass is 9.86. The Morgan fingerprint density at radius 2 is 1.67 bits per heavy atom. The van der Waals surface area contributed by atoms with Gasteiger partial charge in [0.1, 0.15) is 0 Å². The van der Waals surface area contributed by atoms with Crippen LogP contribution >= 0.6 is 0 Å². The Morgan fingerprint density at radius 1 is 1.07 bits per heavy atom. The average molecular weight is 205 g/mol. The van der Waals surface area contributed by atoms with Crippen LogP contribution in [0.5, 0.6) is 0 Å². The Kier molecular flexibility index (Phi) is 4.34. The summed E-state index contributed by atoms with van der Waals surface area (Å²) in [6, 6.07) is 9.00. The maximum absolute atomic E-state index is 3.34. The molecule has 1 rings (SSSR count). The summed E-state index contributed by atoms with van der Waals surface area (Å²) in [7, 11) is 0. The fourth-order valence-electron chi connectivity index (χ4n) is 1.58. The van der Waals surface area contributed by atoms with Gasteiger partial charge in [0.05, 0.1) is 0 Å². The highest BCUT2D eigenvalue weighted by molar-refractivity contribution is 5.27. The Bertz CT molecular complexity index is 279. The molecular weight excluding hydrogens is 182 g/mol. The molecule has 1 N–H and O–H groups in total. The summed E-state index contributed by atoms with van der Waals surface area (Å²) in [5.41, 5.74) is 3.10. The van der Waals surface area contributed by atoms with E-state index in [2.05, 4.69) is 57.3 Å². The second kappa shape index (κ2) is 5.32. The van der Waals surface area contributed by atoms with Gasteiger partial charge in [-0.3, -0.25) is 0 Å². The van der Waals surface area contributed by atoms with E-state index in [1.807, 2.05) is 0 Å². The lowest BCUT2D eigenvalue weighted by Crippen LogP contribution is -2.16. The third-order valence-corrected chi connectivity index (χ3v) is 2.66. The van der Waals surface area contributed by atoms with Crippen molar-refractivity contribution in [3.05, 3.63) is 35.4 Å². The lowest BCUT2D eigenvalue weighted by molar-refractivity contribution is 0.590. The second-order valence-corrected chi connectivity index (χ2v) is 5.05. The largest absolute Gasteiger partial charge is 0.317 e. The maximum atomic E-state index is 3.34. The zero-order valence-electron chi connectivity index (χ0n) is 10.4. The molecule has 0 aliphatic rings. The van der Waals surface area contributed by atoms with Gasteiger partial charge in [-0.1, -0.05) is 52.0 Å². The molecule has 0 aliphatic carbocycles. The van der Waals surface area contributed by atoms with Crippen molar-refractivity contribution in [1.29, 1.82) is 0 Å². The van der Waals surface area contributed by atoms with E-state index in [-0.39, 0.29) is 5.41 Å². The third kappa shape index (κ3) is 4.05. The molecule has 1 nitrogen and oxygen atoms in total. The van der Waals surface area contributed by atoms with Crippen molar-refractivity contribution >= 4 is 0 Å². The first-order valence-electron chi connectivity index (χ1n) is 5.84. The van der Waals surface area contributed by atoms with Crippen molar-refractivity contribution in [3.8, 4) is 0 Å². The van der Waals surface area contributed by atoms with Crippen LogP contribution in [0.4, 0.5) is 0 Å². The van der Waals surface area contributed by atoms with Gasteiger partial charge in [0.2, 0.25) is 0 Å². The van der Waals surface area contributed by atoms with Crippen molar-refractivity contribution in [2.45, 2.75) is 39.5 Å². The Morgan fingerprint density at radius 3 is 2.13 bits per heavy atom. The number of nitrogens with one attached hydrogen (secondary N) is 1. The summed E-state index contributed by atoms with van der Waals surface area (Å²) >= 11 is 0. The molecule has 1 heteroatoms. The highest BCUT2D eigenvalue weighted by atomic mass is 14.8. The smallest absolute Gasteiger partial charge is 0.000847 e. The summed E-state index contributed by atoms with van der Waals surface area (Å²) < 4.78 is 0. The van der Waals surface area contributed by atoms with Gasteiger partial charge in [0, 0.05) is 0 Å². The highest BCUT2D eigenvalue weighted by Crippen LogP contribution is 2.22. The van der Waals surface area contributed by atoms with Gasteiger partial charge < -0.3 is 5.32 Å². The fraction of sp³-hybridized carbons (Fsp3) is 0.571. The standard InChI is InChI=1S/C14H23N/c1-5-15-11-10-12-6-8-13(9-7-12)14(2,3)4/h6-9,15H,5,10-11H2,1-4H3. The van der Waals surface area contributed by atoms with E-state index in [1.165, 1.54) is 11.1 Å². The highest BCUT2D eigenvalue weighted by Gasteiger charge is 2.12.